The highest BCUT2D eigenvalue weighted by Gasteiger charge is 2.41. The monoisotopic (exact) mass is 340 g/mol. The lowest BCUT2D eigenvalue weighted by Gasteiger charge is -2.39. The summed E-state index contributed by atoms with van der Waals surface area (Å²) in [5.41, 5.74) is 0.754. The molecule has 1 fully saturated rings. The topological polar surface area (TPSA) is 50.2 Å². The van der Waals surface area contributed by atoms with E-state index in [1.807, 2.05) is 37.5 Å². The van der Waals surface area contributed by atoms with E-state index < -0.39 is 5.41 Å². The Morgan fingerprint density at radius 1 is 1.24 bits per heavy atom. The number of imidazole rings is 1. The van der Waals surface area contributed by atoms with E-state index in [1.54, 1.807) is 0 Å². The van der Waals surface area contributed by atoms with Gasteiger partial charge < -0.3 is 14.8 Å². The Labute approximate surface area is 150 Å². The Kier molecular flexibility index (Phi) is 5.53. The number of carbonyl (C=O) groups excluding carboxylic acids is 1. The Balaban J connectivity index is 1.63. The largest absolute Gasteiger partial charge is 0.355 e. The molecule has 5 nitrogen and oxygen atoms in total. The van der Waals surface area contributed by atoms with E-state index in [1.165, 1.54) is 0 Å². The number of carbonyl (C=O) groups is 1. The molecule has 0 unspecified atom stereocenters. The number of hydrogen-bond donors (Lipinski definition) is 1. The van der Waals surface area contributed by atoms with Crippen LogP contribution in [-0.2, 0) is 16.8 Å². The molecule has 5 heteroatoms. The van der Waals surface area contributed by atoms with Crippen molar-refractivity contribution in [3.8, 4) is 0 Å². The van der Waals surface area contributed by atoms with Crippen LogP contribution >= 0.6 is 0 Å². The van der Waals surface area contributed by atoms with E-state index in [0.29, 0.717) is 6.54 Å². The van der Waals surface area contributed by atoms with Gasteiger partial charge in [0.05, 0.1) is 5.41 Å². The van der Waals surface area contributed by atoms with Crippen molar-refractivity contribution in [2.24, 2.45) is 0 Å². The molecule has 1 saturated heterocycles. The van der Waals surface area contributed by atoms with Crippen molar-refractivity contribution in [2.75, 3.05) is 26.7 Å². The molecule has 3 rings (SSSR count). The molecule has 1 aromatic heterocycles. The minimum Gasteiger partial charge on any atom is -0.355 e. The van der Waals surface area contributed by atoms with Gasteiger partial charge in [0.25, 0.3) is 0 Å². The first-order valence-corrected chi connectivity index (χ1v) is 9.12. The maximum Gasteiger partial charge on any atom is 0.230 e. The van der Waals surface area contributed by atoms with Gasteiger partial charge in [0, 0.05) is 25.5 Å². The Bertz CT molecular complexity index is 687. The molecule has 2 heterocycles. The normalized spacial score (nSPS) is 17.4. The number of nitrogens with one attached hydrogen (secondary N) is 1. The molecule has 0 spiro atoms. The molecule has 1 aliphatic rings. The van der Waals surface area contributed by atoms with Gasteiger partial charge in [-0.2, -0.15) is 0 Å². The molecule has 1 amide bonds. The molecule has 1 aromatic carbocycles. The standard InChI is InChI=1S/C20H28N4O/c1-17-21-12-16-24(17)13-6-11-22-19(25)20(9-14-23(2)15-10-20)18-7-4-3-5-8-18/h3-5,7-8,12,16H,6,9-11,13-15H2,1-2H3,(H,22,25). The lowest BCUT2D eigenvalue weighted by atomic mass is 9.72. The van der Waals surface area contributed by atoms with Gasteiger partial charge in [0.1, 0.15) is 5.82 Å². The fraction of sp³-hybridized carbons (Fsp3) is 0.500. The number of nitrogens with zero attached hydrogens (tertiary/aromatic N) is 3. The first-order valence-electron chi connectivity index (χ1n) is 9.12. The second-order valence-electron chi connectivity index (χ2n) is 7.03. The minimum absolute atomic E-state index is 0.175. The summed E-state index contributed by atoms with van der Waals surface area (Å²) in [7, 11) is 2.13. The summed E-state index contributed by atoms with van der Waals surface area (Å²) in [4.78, 5) is 19.6. The minimum atomic E-state index is -0.390. The van der Waals surface area contributed by atoms with Crippen LogP contribution in [0.15, 0.2) is 42.7 Å². The molecule has 1 N–H and O–H groups in total. The summed E-state index contributed by atoms with van der Waals surface area (Å²) >= 11 is 0. The van der Waals surface area contributed by atoms with Gasteiger partial charge in [-0.1, -0.05) is 30.3 Å². The predicted molar refractivity (Wildman–Crippen MR) is 99.4 cm³/mol. The highest BCUT2D eigenvalue weighted by Crippen LogP contribution is 2.35. The van der Waals surface area contributed by atoms with Crippen LogP contribution < -0.4 is 5.32 Å². The number of aromatic nitrogens is 2. The number of benzene rings is 1. The predicted octanol–water partition coefficient (Wildman–Crippen LogP) is 2.36. The third-order valence-corrected chi connectivity index (χ3v) is 5.39. The Morgan fingerprint density at radius 3 is 2.60 bits per heavy atom. The number of likely N-dealkylation sites (tertiary alicyclic amines) is 1. The van der Waals surface area contributed by atoms with Crippen LogP contribution in [0.2, 0.25) is 0 Å². The van der Waals surface area contributed by atoms with Crippen LogP contribution in [0.1, 0.15) is 30.7 Å². The highest BCUT2D eigenvalue weighted by molar-refractivity contribution is 5.88. The molecular weight excluding hydrogens is 312 g/mol. The molecule has 25 heavy (non-hydrogen) atoms. The van der Waals surface area contributed by atoms with E-state index in [-0.39, 0.29) is 5.91 Å². The van der Waals surface area contributed by atoms with Crippen LogP contribution in [0.25, 0.3) is 0 Å². The quantitative estimate of drug-likeness (QED) is 0.822. The van der Waals surface area contributed by atoms with Crippen LogP contribution in [0.4, 0.5) is 0 Å². The zero-order valence-corrected chi connectivity index (χ0v) is 15.2. The average molecular weight is 340 g/mol. The fourth-order valence-electron chi connectivity index (χ4n) is 3.66. The Morgan fingerprint density at radius 2 is 1.96 bits per heavy atom. The number of hydrogen-bond acceptors (Lipinski definition) is 3. The average Bonchev–Trinajstić information content (AvgIpc) is 3.05. The number of aryl methyl sites for hydroxylation is 2. The molecule has 0 atom stereocenters. The maximum atomic E-state index is 13.1. The third-order valence-electron chi connectivity index (χ3n) is 5.39. The van der Waals surface area contributed by atoms with Crippen molar-refractivity contribution in [2.45, 2.75) is 38.1 Å². The van der Waals surface area contributed by atoms with Gasteiger partial charge >= 0.3 is 0 Å². The molecule has 0 saturated carbocycles. The molecule has 1 aliphatic heterocycles. The molecule has 0 aliphatic carbocycles. The van der Waals surface area contributed by atoms with Crippen molar-refractivity contribution in [1.82, 2.24) is 19.8 Å². The van der Waals surface area contributed by atoms with Crippen molar-refractivity contribution in [1.29, 1.82) is 0 Å². The van der Waals surface area contributed by atoms with Crippen LogP contribution in [0.5, 0.6) is 0 Å². The third kappa shape index (κ3) is 3.93. The first-order chi connectivity index (χ1) is 12.1. The smallest absolute Gasteiger partial charge is 0.230 e. The zero-order chi connectivity index (χ0) is 17.7. The number of rotatable bonds is 6. The van der Waals surface area contributed by atoms with Gasteiger partial charge in [0.15, 0.2) is 0 Å². The van der Waals surface area contributed by atoms with Gasteiger partial charge in [-0.3, -0.25) is 4.79 Å². The lowest BCUT2D eigenvalue weighted by Crippen LogP contribution is -2.51. The first kappa shape index (κ1) is 17.7. The van der Waals surface area contributed by atoms with E-state index in [0.717, 1.165) is 50.3 Å². The number of piperidine rings is 1. The van der Waals surface area contributed by atoms with E-state index in [4.69, 9.17) is 0 Å². The molecule has 2 aromatic rings. The zero-order valence-electron chi connectivity index (χ0n) is 15.2. The van der Waals surface area contributed by atoms with Crippen molar-refractivity contribution < 1.29 is 4.79 Å². The van der Waals surface area contributed by atoms with E-state index in [9.17, 15) is 4.79 Å². The van der Waals surface area contributed by atoms with Crippen LogP contribution in [0.3, 0.4) is 0 Å². The van der Waals surface area contributed by atoms with Crippen molar-refractivity contribution in [3.63, 3.8) is 0 Å². The van der Waals surface area contributed by atoms with Crippen molar-refractivity contribution >= 4 is 5.91 Å². The highest BCUT2D eigenvalue weighted by atomic mass is 16.2. The Hall–Kier alpha value is -2.14. The van der Waals surface area contributed by atoms with Gasteiger partial charge in [-0.15, -0.1) is 0 Å². The molecule has 0 radical (unpaired) electrons. The molecule has 134 valence electrons. The maximum absolute atomic E-state index is 13.1. The molecular formula is C20H28N4O. The van der Waals surface area contributed by atoms with E-state index in [2.05, 4.69) is 38.9 Å². The van der Waals surface area contributed by atoms with Gasteiger partial charge in [0.2, 0.25) is 5.91 Å². The summed E-state index contributed by atoms with van der Waals surface area (Å²) in [5.74, 6) is 1.19. The number of amides is 1. The second-order valence-corrected chi connectivity index (χ2v) is 7.03. The second kappa shape index (κ2) is 7.83. The summed E-state index contributed by atoms with van der Waals surface area (Å²) in [6, 6.07) is 10.3. The van der Waals surface area contributed by atoms with Gasteiger partial charge in [-0.05, 0) is 51.9 Å². The van der Waals surface area contributed by atoms with Crippen molar-refractivity contribution in [3.05, 3.63) is 54.1 Å². The van der Waals surface area contributed by atoms with Crippen LogP contribution in [-0.4, -0.2) is 47.0 Å². The fourth-order valence-corrected chi connectivity index (χ4v) is 3.66. The van der Waals surface area contributed by atoms with Gasteiger partial charge in [-0.25, -0.2) is 4.98 Å². The SMILES string of the molecule is Cc1nccn1CCCNC(=O)C1(c2ccccc2)CCN(C)CC1. The van der Waals surface area contributed by atoms with Crippen LogP contribution in [0, 0.1) is 6.92 Å². The summed E-state index contributed by atoms with van der Waals surface area (Å²) in [5, 5.41) is 3.20. The summed E-state index contributed by atoms with van der Waals surface area (Å²) < 4.78 is 2.12. The summed E-state index contributed by atoms with van der Waals surface area (Å²) in [6.45, 7) is 5.49. The van der Waals surface area contributed by atoms with E-state index >= 15 is 0 Å². The summed E-state index contributed by atoms with van der Waals surface area (Å²) in [6.07, 6.45) is 6.46. The lowest BCUT2D eigenvalue weighted by molar-refractivity contribution is -0.128. The molecule has 0 bridgehead atoms.